The van der Waals surface area contributed by atoms with Crippen molar-refractivity contribution in [1.82, 2.24) is 0 Å². The number of anilines is 2. The third-order valence-corrected chi connectivity index (χ3v) is 13.4. The third-order valence-electron chi connectivity index (χ3n) is 13.4. The van der Waals surface area contributed by atoms with E-state index in [4.69, 9.17) is 0 Å². The molecular weight excluding hydrogens is 795 g/mol. The van der Waals surface area contributed by atoms with Gasteiger partial charge in [0.1, 0.15) is 0 Å². The molecular formula is C65H49N. The summed E-state index contributed by atoms with van der Waals surface area (Å²) in [5.41, 5.74) is 19.7. The molecule has 0 bridgehead atoms. The molecule has 0 aromatic heterocycles. The van der Waals surface area contributed by atoms with Crippen LogP contribution in [0.15, 0.2) is 255 Å². The van der Waals surface area contributed by atoms with Crippen LogP contribution in [0.25, 0.3) is 88.3 Å². The quantitative estimate of drug-likeness (QED) is 0.158. The maximum absolute atomic E-state index is 3.78. The maximum Gasteiger partial charge on any atom is 0.0463 e. The minimum Gasteiger partial charge on any atom is -0.355 e. The molecule has 314 valence electrons. The number of hydrogen-bond donors (Lipinski definition) is 1. The number of para-hydroxylation sites is 1. The molecule has 0 radical (unpaired) electrons. The van der Waals surface area contributed by atoms with Crippen molar-refractivity contribution >= 4 is 32.9 Å². The van der Waals surface area contributed by atoms with Crippen molar-refractivity contribution in [3.8, 4) is 66.8 Å². The van der Waals surface area contributed by atoms with Gasteiger partial charge in [-0.1, -0.05) is 244 Å². The fourth-order valence-electron chi connectivity index (χ4n) is 9.76. The van der Waals surface area contributed by atoms with Crippen LogP contribution in [0.1, 0.15) is 25.0 Å². The van der Waals surface area contributed by atoms with E-state index in [1.165, 1.54) is 99.4 Å². The molecule has 11 aromatic carbocycles. The van der Waals surface area contributed by atoms with Gasteiger partial charge >= 0.3 is 0 Å². The van der Waals surface area contributed by atoms with Crippen LogP contribution in [-0.2, 0) is 5.41 Å². The molecule has 0 atom stereocenters. The number of fused-ring (bicyclic) bond motifs is 6. The van der Waals surface area contributed by atoms with Crippen molar-refractivity contribution < 1.29 is 0 Å². The zero-order chi connectivity index (χ0) is 44.5. The Morgan fingerprint density at radius 3 is 1.18 bits per heavy atom. The van der Waals surface area contributed by atoms with Crippen LogP contribution in [0, 0.1) is 0 Å². The van der Waals surface area contributed by atoms with Crippen LogP contribution in [0.2, 0.25) is 0 Å². The van der Waals surface area contributed by atoms with E-state index in [1.54, 1.807) is 0 Å². The summed E-state index contributed by atoms with van der Waals surface area (Å²) in [6.07, 6.45) is 0. The second-order valence-corrected chi connectivity index (χ2v) is 17.8. The molecule has 0 heterocycles. The van der Waals surface area contributed by atoms with Crippen molar-refractivity contribution in [2.24, 2.45) is 0 Å². The average molecular weight is 844 g/mol. The summed E-state index contributed by atoms with van der Waals surface area (Å²) >= 11 is 0. The molecule has 1 nitrogen and oxygen atoms in total. The molecule has 0 spiro atoms. The first-order chi connectivity index (χ1) is 32.5. The summed E-state index contributed by atoms with van der Waals surface area (Å²) in [6, 6.07) is 91.6. The second kappa shape index (κ2) is 17.4. The Bertz CT molecular complexity index is 3420. The highest BCUT2D eigenvalue weighted by atomic mass is 14.9. The molecule has 0 amide bonds. The third kappa shape index (κ3) is 7.86. The maximum atomic E-state index is 3.78. The normalized spacial score (nSPS) is 12.2. The zero-order valence-corrected chi connectivity index (χ0v) is 37.2. The summed E-state index contributed by atoms with van der Waals surface area (Å²) in [6.45, 7) is 4.71. The van der Waals surface area contributed by atoms with Gasteiger partial charge in [0.2, 0.25) is 0 Å². The SMILES string of the molecule is CC1(C)c2cc(Nc3ccccc3-c3ccc(-c4ccccc4)cc3)ccc2-c2ccc(-c3ccc(-c4ccc(-c5ccccc5)cc4)cc3)cc21.c1ccc2c(c1)ccc1ccccc12. The molecule has 0 saturated heterocycles. The lowest BCUT2D eigenvalue weighted by molar-refractivity contribution is 0.661. The highest BCUT2D eigenvalue weighted by Crippen LogP contribution is 2.51. The highest BCUT2D eigenvalue weighted by Gasteiger charge is 2.36. The first-order valence-corrected chi connectivity index (χ1v) is 22.9. The average Bonchev–Trinajstić information content (AvgIpc) is 3.61. The van der Waals surface area contributed by atoms with E-state index >= 15 is 0 Å². The van der Waals surface area contributed by atoms with Crippen LogP contribution in [-0.4, -0.2) is 0 Å². The van der Waals surface area contributed by atoms with Gasteiger partial charge < -0.3 is 5.32 Å². The standard InChI is InChI=1S/C51H39N.C14H10/c1-51(2)48-33-43(41-23-21-40(22-24-41)39-19-17-37(18-20-39)35-11-5-3-6-12-35)29-31-46(48)47-32-30-44(34-49(47)51)52-50-16-10-9-15-45(50)42-27-25-38(26-28-42)36-13-7-4-8-14-36;1-3-7-13-11(5-1)9-10-12-6-2-4-8-14(12)13/h3-34,52H,1-2H3;1-10H. The Labute approximate surface area is 388 Å². The summed E-state index contributed by atoms with van der Waals surface area (Å²) in [7, 11) is 0. The van der Waals surface area contributed by atoms with Crippen molar-refractivity contribution in [2.75, 3.05) is 5.32 Å². The Morgan fingerprint density at radius 2 is 0.652 bits per heavy atom. The lowest BCUT2D eigenvalue weighted by Crippen LogP contribution is -2.15. The topological polar surface area (TPSA) is 12.0 Å². The minimum atomic E-state index is -0.133. The zero-order valence-electron chi connectivity index (χ0n) is 37.2. The molecule has 11 aromatic rings. The molecule has 66 heavy (non-hydrogen) atoms. The molecule has 0 saturated carbocycles. The number of hydrogen-bond acceptors (Lipinski definition) is 1. The predicted octanol–water partition coefficient (Wildman–Crippen LogP) is 18.1. The Hall–Kier alpha value is -8.26. The fraction of sp³-hybridized carbons (Fsp3) is 0.0462. The van der Waals surface area contributed by atoms with Crippen molar-refractivity contribution in [2.45, 2.75) is 19.3 Å². The van der Waals surface area contributed by atoms with Gasteiger partial charge in [-0.2, -0.15) is 0 Å². The summed E-state index contributed by atoms with van der Waals surface area (Å²) < 4.78 is 0. The van der Waals surface area contributed by atoms with Gasteiger partial charge in [-0.15, -0.1) is 0 Å². The number of nitrogens with one attached hydrogen (secondary N) is 1. The molecule has 1 heteroatoms. The Morgan fingerprint density at radius 1 is 0.273 bits per heavy atom. The minimum absolute atomic E-state index is 0.133. The Balaban J connectivity index is 0.000000291. The second-order valence-electron chi connectivity index (χ2n) is 17.8. The van der Waals surface area contributed by atoms with Gasteiger partial charge in [0.15, 0.2) is 0 Å². The summed E-state index contributed by atoms with van der Waals surface area (Å²) in [5, 5.41) is 9.08. The van der Waals surface area contributed by atoms with Gasteiger partial charge in [0.05, 0.1) is 0 Å². The first kappa shape index (κ1) is 40.5. The van der Waals surface area contributed by atoms with Crippen LogP contribution < -0.4 is 5.32 Å². The van der Waals surface area contributed by atoms with E-state index in [0.717, 1.165) is 11.4 Å². The fourth-order valence-corrected chi connectivity index (χ4v) is 9.76. The molecule has 1 N–H and O–H groups in total. The summed E-state index contributed by atoms with van der Waals surface area (Å²) in [5.74, 6) is 0. The van der Waals surface area contributed by atoms with Crippen LogP contribution in [0.5, 0.6) is 0 Å². The number of rotatable bonds is 7. The summed E-state index contributed by atoms with van der Waals surface area (Å²) in [4.78, 5) is 0. The van der Waals surface area contributed by atoms with Gasteiger partial charge in [0, 0.05) is 22.4 Å². The van der Waals surface area contributed by atoms with E-state index < -0.39 is 0 Å². The molecule has 0 fully saturated rings. The van der Waals surface area contributed by atoms with Crippen LogP contribution in [0.4, 0.5) is 11.4 Å². The van der Waals surface area contributed by atoms with Crippen LogP contribution >= 0.6 is 0 Å². The lowest BCUT2D eigenvalue weighted by atomic mass is 9.81. The highest BCUT2D eigenvalue weighted by molar-refractivity contribution is 6.07. The van der Waals surface area contributed by atoms with Gasteiger partial charge in [-0.3, -0.25) is 0 Å². The first-order valence-electron chi connectivity index (χ1n) is 22.9. The van der Waals surface area contributed by atoms with E-state index in [-0.39, 0.29) is 5.41 Å². The van der Waals surface area contributed by atoms with Gasteiger partial charge in [0.25, 0.3) is 0 Å². The molecule has 0 unspecified atom stereocenters. The molecule has 1 aliphatic carbocycles. The number of benzene rings is 11. The molecule has 12 rings (SSSR count). The van der Waals surface area contributed by atoms with E-state index in [0.29, 0.717) is 0 Å². The monoisotopic (exact) mass is 843 g/mol. The van der Waals surface area contributed by atoms with Crippen molar-refractivity contribution in [1.29, 1.82) is 0 Å². The molecule has 0 aliphatic heterocycles. The Kier molecular flexibility index (Phi) is 10.7. The van der Waals surface area contributed by atoms with Gasteiger partial charge in [-0.25, -0.2) is 0 Å². The lowest BCUT2D eigenvalue weighted by Gasteiger charge is -2.23. The van der Waals surface area contributed by atoms with Crippen LogP contribution in [0.3, 0.4) is 0 Å². The van der Waals surface area contributed by atoms with Gasteiger partial charge in [-0.05, 0) is 118 Å². The van der Waals surface area contributed by atoms with E-state index in [9.17, 15) is 0 Å². The molecule has 1 aliphatic rings. The predicted molar refractivity (Wildman–Crippen MR) is 282 cm³/mol. The van der Waals surface area contributed by atoms with Crippen molar-refractivity contribution in [3.05, 3.63) is 266 Å². The van der Waals surface area contributed by atoms with E-state index in [2.05, 4.69) is 274 Å². The smallest absolute Gasteiger partial charge is 0.0463 e. The van der Waals surface area contributed by atoms with E-state index in [1.807, 2.05) is 0 Å². The van der Waals surface area contributed by atoms with Crippen molar-refractivity contribution in [3.63, 3.8) is 0 Å². The largest absolute Gasteiger partial charge is 0.355 e.